The fourth-order valence-electron chi connectivity index (χ4n) is 1.46. The molecule has 0 aliphatic carbocycles. The van der Waals surface area contributed by atoms with Crippen LogP contribution in [0.4, 0.5) is 0 Å². The third-order valence-corrected chi connectivity index (χ3v) is 2.69. The lowest BCUT2D eigenvalue weighted by atomic mass is 10.1. The van der Waals surface area contributed by atoms with E-state index < -0.39 is 6.10 Å². The van der Waals surface area contributed by atoms with Gasteiger partial charge in [0.15, 0.2) is 0 Å². The quantitative estimate of drug-likeness (QED) is 0.836. The Kier molecular flexibility index (Phi) is 2.75. The maximum Gasteiger partial charge on any atom is 0.111 e. The predicted molar refractivity (Wildman–Crippen MR) is 61.5 cm³/mol. The summed E-state index contributed by atoms with van der Waals surface area (Å²) in [4.78, 5) is 0. The van der Waals surface area contributed by atoms with Gasteiger partial charge in [0.25, 0.3) is 0 Å². The highest BCUT2D eigenvalue weighted by Gasteiger charge is 2.07. The van der Waals surface area contributed by atoms with Crippen molar-refractivity contribution in [3.8, 4) is 5.69 Å². The van der Waals surface area contributed by atoms with Crippen molar-refractivity contribution in [2.24, 2.45) is 0 Å². The Morgan fingerprint density at radius 3 is 2.56 bits per heavy atom. The molecule has 4 nitrogen and oxygen atoms in total. The second-order valence-electron chi connectivity index (χ2n) is 4.03. The second kappa shape index (κ2) is 4.06. The minimum atomic E-state index is -0.583. The minimum absolute atomic E-state index is 0.582. The molecule has 16 heavy (non-hydrogen) atoms. The summed E-state index contributed by atoms with van der Waals surface area (Å²) in [5.41, 5.74) is 4.01. The van der Waals surface area contributed by atoms with Gasteiger partial charge in [0, 0.05) is 0 Å². The van der Waals surface area contributed by atoms with Gasteiger partial charge >= 0.3 is 0 Å². The van der Waals surface area contributed by atoms with E-state index in [0.717, 1.165) is 5.69 Å². The fraction of sp³-hybridized carbons (Fsp3) is 0.333. The minimum Gasteiger partial charge on any atom is -0.387 e. The van der Waals surface area contributed by atoms with E-state index >= 15 is 0 Å². The molecule has 1 heterocycles. The molecule has 1 atom stereocenters. The third kappa shape index (κ3) is 1.97. The third-order valence-electron chi connectivity index (χ3n) is 2.69. The van der Waals surface area contributed by atoms with Crippen LogP contribution in [0.2, 0.25) is 0 Å². The molecule has 1 aromatic carbocycles. The Hall–Kier alpha value is -1.68. The summed E-state index contributed by atoms with van der Waals surface area (Å²) in [5, 5.41) is 17.3. The molecule has 0 saturated heterocycles. The molecule has 0 amide bonds. The number of rotatable bonds is 2. The van der Waals surface area contributed by atoms with Gasteiger partial charge in [0.2, 0.25) is 0 Å². The summed E-state index contributed by atoms with van der Waals surface area (Å²) in [5.74, 6) is 0. The number of hydrogen-bond acceptors (Lipinski definition) is 3. The molecule has 0 radical (unpaired) electrons. The molecule has 1 N–H and O–H groups in total. The van der Waals surface area contributed by atoms with Crippen molar-refractivity contribution in [2.75, 3.05) is 0 Å². The molecule has 1 unspecified atom stereocenters. The molecule has 0 aliphatic rings. The number of aromatic nitrogens is 3. The zero-order valence-corrected chi connectivity index (χ0v) is 9.68. The summed E-state index contributed by atoms with van der Waals surface area (Å²) in [7, 11) is 0. The van der Waals surface area contributed by atoms with Crippen molar-refractivity contribution in [2.45, 2.75) is 26.9 Å². The molecule has 2 aromatic rings. The first-order valence-corrected chi connectivity index (χ1v) is 5.26. The van der Waals surface area contributed by atoms with Gasteiger partial charge in [-0.05, 0) is 44.0 Å². The van der Waals surface area contributed by atoms with E-state index in [1.165, 1.54) is 11.1 Å². The molecule has 0 spiro atoms. The maximum atomic E-state index is 9.37. The lowest BCUT2D eigenvalue weighted by Crippen LogP contribution is -1.96. The highest BCUT2D eigenvalue weighted by Crippen LogP contribution is 2.15. The van der Waals surface area contributed by atoms with E-state index in [1.54, 1.807) is 17.8 Å². The van der Waals surface area contributed by atoms with E-state index in [4.69, 9.17) is 0 Å². The van der Waals surface area contributed by atoms with E-state index in [0.29, 0.717) is 5.69 Å². The number of nitrogens with zero attached hydrogens (tertiary/aromatic N) is 3. The Morgan fingerprint density at radius 2 is 2.00 bits per heavy atom. The summed E-state index contributed by atoms with van der Waals surface area (Å²) >= 11 is 0. The van der Waals surface area contributed by atoms with Crippen LogP contribution in [0.25, 0.3) is 5.69 Å². The van der Waals surface area contributed by atoms with E-state index in [2.05, 4.69) is 30.2 Å². The molecule has 84 valence electrons. The van der Waals surface area contributed by atoms with Gasteiger partial charge in [-0.1, -0.05) is 11.3 Å². The summed E-state index contributed by atoms with van der Waals surface area (Å²) < 4.78 is 1.68. The zero-order valence-electron chi connectivity index (χ0n) is 9.68. The van der Waals surface area contributed by atoms with Crippen molar-refractivity contribution < 1.29 is 5.11 Å². The number of benzene rings is 1. The molecule has 2 rings (SSSR count). The van der Waals surface area contributed by atoms with Crippen molar-refractivity contribution >= 4 is 0 Å². The number of aryl methyl sites for hydroxylation is 2. The molecule has 0 aliphatic heterocycles. The fourth-order valence-corrected chi connectivity index (χ4v) is 1.46. The van der Waals surface area contributed by atoms with Crippen LogP contribution in [-0.4, -0.2) is 20.1 Å². The SMILES string of the molecule is Cc1ccc(-n2cc(C(C)O)nn2)cc1C. The molecular weight excluding hydrogens is 202 g/mol. The van der Waals surface area contributed by atoms with Crippen LogP contribution in [0.1, 0.15) is 29.8 Å². The van der Waals surface area contributed by atoms with Gasteiger partial charge < -0.3 is 5.11 Å². The number of hydrogen-bond donors (Lipinski definition) is 1. The molecular formula is C12H15N3O. The lowest BCUT2D eigenvalue weighted by molar-refractivity contribution is 0.194. The first-order chi connectivity index (χ1) is 7.58. The summed E-state index contributed by atoms with van der Waals surface area (Å²) in [6.45, 7) is 5.81. The van der Waals surface area contributed by atoms with Crippen molar-refractivity contribution in [1.29, 1.82) is 0 Å². The van der Waals surface area contributed by atoms with Crippen molar-refractivity contribution in [3.05, 3.63) is 41.2 Å². The van der Waals surface area contributed by atoms with E-state index in [-0.39, 0.29) is 0 Å². The largest absolute Gasteiger partial charge is 0.387 e. The Bertz CT molecular complexity index is 503. The van der Waals surface area contributed by atoms with Crippen LogP contribution in [0.3, 0.4) is 0 Å². The van der Waals surface area contributed by atoms with Crippen LogP contribution in [0.5, 0.6) is 0 Å². The normalized spacial score (nSPS) is 12.8. The lowest BCUT2D eigenvalue weighted by Gasteiger charge is -2.04. The van der Waals surface area contributed by atoms with Crippen molar-refractivity contribution in [3.63, 3.8) is 0 Å². The van der Waals surface area contributed by atoms with Gasteiger partial charge in [-0.25, -0.2) is 4.68 Å². The van der Waals surface area contributed by atoms with Crippen LogP contribution in [0.15, 0.2) is 24.4 Å². The Morgan fingerprint density at radius 1 is 1.25 bits per heavy atom. The average Bonchev–Trinajstić information content (AvgIpc) is 2.71. The smallest absolute Gasteiger partial charge is 0.111 e. The first-order valence-electron chi connectivity index (χ1n) is 5.26. The second-order valence-corrected chi connectivity index (χ2v) is 4.03. The van der Waals surface area contributed by atoms with E-state index in [1.807, 2.05) is 12.1 Å². The summed E-state index contributed by atoms with van der Waals surface area (Å²) in [6.07, 6.45) is 1.16. The topological polar surface area (TPSA) is 50.9 Å². The van der Waals surface area contributed by atoms with Crippen LogP contribution in [0, 0.1) is 13.8 Å². The van der Waals surface area contributed by atoms with E-state index in [9.17, 15) is 5.11 Å². The molecule has 0 fully saturated rings. The van der Waals surface area contributed by atoms with Crippen molar-refractivity contribution in [1.82, 2.24) is 15.0 Å². The average molecular weight is 217 g/mol. The summed E-state index contributed by atoms with van der Waals surface area (Å²) in [6, 6.07) is 6.09. The number of aliphatic hydroxyl groups is 1. The van der Waals surface area contributed by atoms with Gasteiger partial charge in [0.05, 0.1) is 18.0 Å². The van der Waals surface area contributed by atoms with Crippen LogP contribution >= 0.6 is 0 Å². The Balaban J connectivity index is 2.39. The first kappa shape index (κ1) is 10.8. The van der Waals surface area contributed by atoms with Gasteiger partial charge in [0.1, 0.15) is 5.69 Å². The highest BCUT2D eigenvalue weighted by atomic mass is 16.3. The monoisotopic (exact) mass is 217 g/mol. The molecule has 1 aromatic heterocycles. The predicted octanol–water partition coefficient (Wildman–Crippen LogP) is 1.94. The number of aliphatic hydroxyl groups excluding tert-OH is 1. The standard InChI is InChI=1S/C12H15N3O/c1-8-4-5-11(6-9(8)2)15-7-12(10(3)16)13-14-15/h4-7,10,16H,1-3H3. The van der Waals surface area contributed by atoms with Gasteiger partial charge in [-0.3, -0.25) is 0 Å². The van der Waals surface area contributed by atoms with Gasteiger partial charge in [-0.2, -0.15) is 0 Å². The molecule has 4 heteroatoms. The van der Waals surface area contributed by atoms with Crippen LogP contribution < -0.4 is 0 Å². The maximum absolute atomic E-state index is 9.37. The Labute approximate surface area is 94.5 Å². The highest BCUT2D eigenvalue weighted by molar-refractivity contribution is 5.38. The molecule has 0 saturated carbocycles. The van der Waals surface area contributed by atoms with Crippen LogP contribution in [-0.2, 0) is 0 Å². The zero-order chi connectivity index (χ0) is 11.7. The van der Waals surface area contributed by atoms with Gasteiger partial charge in [-0.15, -0.1) is 5.10 Å². The molecule has 0 bridgehead atoms.